The van der Waals surface area contributed by atoms with Gasteiger partial charge in [-0.3, -0.25) is 4.79 Å². The van der Waals surface area contributed by atoms with Gasteiger partial charge < -0.3 is 16.5 Å². The van der Waals surface area contributed by atoms with Crippen molar-refractivity contribution in [1.82, 2.24) is 20.3 Å². The number of nitrogens with zero attached hydrogens (tertiary/aromatic N) is 3. The number of carbonyl (C=O) groups excluding carboxylic acids is 1. The Balaban J connectivity index is 2.15. The molecule has 0 unspecified atom stereocenters. The van der Waals surface area contributed by atoms with Crippen molar-refractivity contribution in [2.75, 3.05) is 6.54 Å². The van der Waals surface area contributed by atoms with Crippen molar-refractivity contribution < 1.29 is 4.79 Å². The van der Waals surface area contributed by atoms with Gasteiger partial charge in [-0.1, -0.05) is 11.6 Å². The summed E-state index contributed by atoms with van der Waals surface area (Å²) in [5.74, 6) is -0.211. The number of aromatic nitrogens is 3. The van der Waals surface area contributed by atoms with E-state index >= 15 is 0 Å². The Kier molecular flexibility index (Phi) is 5.02. The van der Waals surface area contributed by atoms with E-state index in [-0.39, 0.29) is 5.91 Å². The van der Waals surface area contributed by atoms with Gasteiger partial charge in [-0.05, 0) is 37.3 Å². The minimum Gasteiger partial charge on any atom is -0.404 e. The second-order valence-electron chi connectivity index (χ2n) is 4.73. The van der Waals surface area contributed by atoms with E-state index in [1.54, 1.807) is 18.5 Å². The molecule has 7 nitrogen and oxygen atoms in total. The zero-order valence-corrected chi connectivity index (χ0v) is 12.3. The fourth-order valence-electron chi connectivity index (χ4n) is 1.97. The molecule has 0 fully saturated rings. The monoisotopic (exact) mass is 298 g/mol. The molecule has 0 radical (unpaired) electrons. The molecule has 0 atom stereocenters. The molecule has 0 aliphatic carbocycles. The zero-order valence-electron chi connectivity index (χ0n) is 12.3. The van der Waals surface area contributed by atoms with Crippen LogP contribution in [0.4, 0.5) is 0 Å². The van der Waals surface area contributed by atoms with Gasteiger partial charge in [-0.2, -0.15) is 15.0 Å². The Morgan fingerprint density at radius 1 is 1.41 bits per heavy atom. The third kappa shape index (κ3) is 3.57. The highest BCUT2D eigenvalue weighted by Crippen LogP contribution is 2.15. The molecule has 2 aromatic rings. The fourth-order valence-corrected chi connectivity index (χ4v) is 1.97. The number of rotatable bonds is 6. The van der Waals surface area contributed by atoms with E-state index in [0.717, 1.165) is 5.56 Å². The summed E-state index contributed by atoms with van der Waals surface area (Å²) in [6.45, 7) is 2.32. The molecule has 0 saturated heterocycles. The van der Waals surface area contributed by atoms with Crippen LogP contribution in [0.15, 0.2) is 42.4 Å². The van der Waals surface area contributed by atoms with Gasteiger partial charge in [0, 0.05) is 12.8 Å². The highest BCUT2D eigenvalue weighted by molar-refractivity contribution is 5.98. The maximum atomic E-state index is 12.4. The lowest BCUT2D eigenvalue weighted by atomic mass is 10.1. The van der Waals surface area contributed by atoms with Gasteiger partial charge in [0.2, 0.25) is 0 Å². The summed E-state index contributed by atoms with van der Waals surface area (Å²) >= 11 is 0. The van der Waals surface area contributed by atoms with Gasteiger partial charge in [0.05, 0.1) is 23.6 Å². The second-order valence-corrected chi connectivity index (χ2v) is 4.73. The predicted octanol–water partition coefficient (Wildman–Crippen LogP) is 1.19. The van der Waals surface area contributed by atoms with E-state index < -0.39 is 0 Å². The van der Waals surface area contributed by atoms with Gasteiger partial charge in [-0.25, -0.2) is 0 Å². The summed E-state index contributed by atoms with van der Waals surface area (Å²) < 4.78 is 0. The van der Waals surface area contributed by atoms with E-state index in [1.807, 2.05) is 19.1 Å². The lowest BCUT2D eigenvalue weighted by molar-refractivity contribution is 0.0954. The molecule has 1 heterocycles. The molecular formula is C15H18N6O. The van der Waals surface area contributed by atoms with Crippen LogP contribution in [0.5, 0.6) is 0 Å². The van der Waals surface area contributed by atoms with Gasteiger partial charge >= 0.3 is 0 Å². The molecule has 0 saturated carbocycles. The Morgan fingerprint density at radius 2 is 2.14 bits per heavy atom. The first-order chi connectivity index (χ1) is 10.7. The SMILES string of the molecule is Cc1ccc(-n2nccn2)c(C(=O)NCC/C(C=N)=C/N)c1. The van der Waals surface area contributed by atoms with E-state index in [1.165, 1.54) is 17.2 Å². The minimum atomic E-state index is -0.211. The molecule has 0 aliphatic heterocycles. The van der Waals surface area contributed by atoms with Crippen LogP contribution < -0.4 is 11.1 Å². The fraction of sp³-hybridized carbons (Fsp3) is 0.200. The molecule has 0 aliphatic rings. The standard InChI is InChI=1S/C15H18N6O/c1-11-2-3-14(21-19-6-7-20-21)13(8-11)15(22)18-5-4-12(9-16)10-17/h2-3,6-10,16H,4-5,17H2,1H3,(H,18,22)/b12-10-,16-9?. The van der Waals surface area contributed by atoms with Gasteiger partial charge in [0.25, 0.3) is 5.91 Å². The Bertz CT molecular complexity index is 690. The molecule has 0 spiro atoms. The Labute approximate surface area is 128 Å². The van der Waals surface area contributed by atoms with Crippen LogP contribution in [0.25, 0.3) is 5.69 Å². The number of hydrogen-bond donors (Lipinski definition) is 3. The van der Waals surface area contributed by atoms with E-state index in [9.17, 15) is 4.79 Å². The average Bonchev–Trinajstić information content (AvgIpc) is 3.05. The molecule has 4 N–H and O–H groups in total. The van der Waals surface area contributed by atoms with Crippen molar-refractivity contribution in [2.24, 2.45) is 5.73 Å². The maximum Gasteiger partial charge on any atom is 0.253 e. The molecule has 1 aromatic carbocycles. The lowest BCUT2D eigenvalue weighted by Crippen LogP contribution is -2.26. The first kappa shape index (κ1) is 15.4. The van der Waals surface area contributed by atoms with Gasteiger partial charge in [0.1, 0.15) is 0 Å². The number of benzene rings is 1. The molecule has 114 valence electrons. The number of nitrogens with one attached hydrogen (secondary N) is 2. The first-order valence-electron chi connectivity index (χ1n) is 6.82. The summed E-state index contributed by atoms with van der Waals surface area (Å²) in [4.78, 5) is 13.8. The topological polar surface area (TPSA) is 110 Å². The van der Waals surface area contributed by atoms with Crippen molar-refractivity contribution in [2.45, 2.75) is 13.3 Å². The van der Waals surface area contributed by atoms with Crippen molar-refractivity contribution in [1.29, 1.82) is 5.41 Å². The highest BCUT2D eigenvalue weighted by atomic mass is 16.1. The smallest absolute Gasteiger partial charge is 0.253 e. The minimum absolute atomic E-state index is 0.211. The second kappa shape index (κ2) is 7.16. The summed E-state index contributed by atoms with van der Waals surface area (Å²) in [7, 11) is 0. The van der Waals surface area contributed by atoms with E-state index in [2.05, 4.69) is 15.5 Å². The lowest BCUT2D eigenvalue weighted by Gasteiger charge is -2.10. The molecule has 1 aromatic heterocycles. The quantitative estimate of drug-likeness (QED) is 0.696. The van der Waals surface area contributed by atoms with Crippen LogP contribution in [0.3, 0.4) is 0 Å². The van der Waals surface area contributed by atoms with Crippen LogP contribution in [0, 0.1) is 12.3 Å². The van der Waals surface area contributed by atoms with Crippen LogP contribution >= 0.6 is 0 Å². The van der Waals surface area contributed by atoms with Crippen LogP contribution in [-0.2, 0) is 0 Å². The highest BCUT2D eigenvalue weighted by Gasteiger charge is 2.14. The van der Waals surface area contributed by atoms with Gasteiger partial charge in [0.15, 0.2) is 0 Å². The summed E-state index contributed by atoms with van der Waals surface area (Å²) in [5, 5.41) is 18.1. The van der Waals surface area contributed by atoms with Gasteiger partial charge in [-0.15, -0.1) is 0 Å². The number of nitrogens with two attached hydrogens (primary N) is 1. The van der Waals surface area contributed by atoms with Crippen molar-refractivity contribution >= 4 is 12.1 Å². The van der Waals surface area contributed by atoms with Crippen molar-refractivity contribution in [3.8, 4) is 5.69 Å². The number of carbonyl (C=O) groups is 1. The first-order valence-corrected chi connectivity index (χ1v) is 6.82. The maximum absolute atomic E-state index is 12.4. The van der Waals surface area contributed by atoms with Crippen molar-refractivity contribution in [3.05, 3.63) is 53.5 Å². The Morgan fingerprint density at radius 3 is 2.77 bits per heavy atom. The van der Waals surface area contributed by atoms with Crippen LogP contribution in [0.2, 0.25) is 0 Å². The molecule has 2 rings (SSSR count). The Hall–Kier alpha value is -2.96. The number of hydrogen-bond acceptors (Lipinski definition) is 5. The molecular weight excluding hydrogens is 280 g/mol. The number of amides is 1. The molecule has 22 heavy (non-hydrogen) atoms. The summed E-state index contributed by atoms with van der Waals surface area (Å²) in [6.07, 6.45) is 6.17. The average molecular weight is 298 g/mol. The molecule has 7 heteroatoms. The largest absolute Gasteiger partial charge is 0.404 e. The van der Waals surface area contributed by atoms with Crippen LogP contribution in [-0.4, -0.2) is 33.7 Å². The third-order valence-electron chi connectivity index (χ3n) is 3.13. The third-order valence-corrected chi connectivity index (χ3v) is 3.13. The molecule has 1 amide bonds. The number of aryl methyl sites for hydroxylation is 1. The normalized spacial score (nSPS) is 11.2. The molecule has 0 bridgehead atoms. The summed E-state index contributed by atoms with van der Waals surface area (Å²) in [5.41, 5.74) is 8.14. The zero-order chi connectivity index (χ0) is 15.9. The summed E-state index contributed by atoms with van der Waals surface area (Å²) in [6, 6.07) is 5.51. The van der Waals surface area contributed by atoms with Crippen LogP contribution in [0.1, 0.15) is 22.3 Å². The van der Waals surface area contributed by atoms with E-state index in [4.69, 9.17) is 11.1 Å². The van der Waals surface area contributed by atoms with E-state index in [0.29, 0.717) is 29.8 Å². The predicted molar refractivity (Wildman–Crippen MR) is 84.1 cm³/mol. The van der Waals surface area contributed by atoms with Crippen molar-refractivity contribution in [3.63, 3.8) is 0 Å².